The predicted molar refractivity (Wildman–Crippen MR) is 56.8 cm³/mol. The van der Waals surface area contributed by atoms with Crippen LogP contribution in [0.4, 0.5) is 4.39 Å². The smallest absolute Gasteiger partial charge is 0.198 e. The Hall–Kier alpha value is -1.13. The first kappa shape index (κ1) is 11.4. The van der Waals surface area contributed by atoms with Crippen molar-refractivity contribution in [2.24, 2.45) is 0 Å². The maximum Gasteiger partial charge on any atom is 0.198 e. The fourth-order valence-electron chi connectivity index (χ4n) is 1.98. The zero-order chi connectivity index (χ0) is 11.6. The average molecular weight is 226 g/mol. The zero-order valence-electron chi connectivity index (χ0n) is 9.46. The lowest BCUT2D eigenvalue weighted by molar-refractivity contribution is -0.168. The minimum Gasteiger partial charge on any atom is -0.496 e. The molecule has 1 aromatic rings. The molecule has 0 aromatic heterocycles. The second-order valence-corrected chi connectivity index (χ2v) is 3.65. The summed E-state index contributed by atoms with van der Waals surface area (Å²) < 4.78 is 29.5. The average Bonchev–Trinajstić information content (AvgIpc) is 2.78. The normalized spacial score (nSPS) is 18.7. The molecule has 1 aliphatic rings. The van der Waals surface area contributed by atoms with Crippen molar-refractivity contribution in [2.45, 2.75) is 19.1 Å². The number of hydrogen-bond acceptors (Lipinski definition) is 3. The largest absolute Gasteiger partial charge is 0.496 e. The quantitative estimate of drug-likeness (QED) is 0.792. The van der Waals surface area contributed by atoms with Crippen molar-refractivity contribution in [1.29, 1.82) is 0 Å². The van der Waals surface area contributed by atoms with E-state index in [2.05, 4.69) is 0 Å². The van der Waals surface area contributed by atoms with Gasteiger partial charge in [-0.25, -0.2) is 4.39 Å². The number of ether oxygens (including phenoxy) is 3. The van der Waals surface area contributed by atoms with Gasteiger partial charge in [0.25, 0.3) is 0 Å². The molecule has 0 amide bonds. The molecular weight excluding hydrogens is 211 g/mol. The van der Waals surface area contributed by atoms with Gasteiger partial charge in [-0.05, 0) is 12.1 Å². The molecule has 1 heterocycles. The monoisotopic (exact) mass is 226 g/mol. The summed E-state index contributed by atoms with van der Waals surface area (Å²) in [5.74, 6) is -0.646. The van der Waals surface area contributed by atoms with Gasteiger partial charge in [0.05, 0.1) is 25.9 Å². The van der Waals surface area contributed by atoms with Crippen LogP contribution in [0.3, 0.4) is 0 Å². The zero-order valence-corrected chi connectivity index (χ0v) is 9.46. The summed E-state index contributed by atoms with van der Waals surface area (Å²) in [6.07, 6.45) is 0.662. The first-order valence-corrected chi connectivity index (χ1v) is 5.34. The Labute approximate surface area is 94.1 Å². The third kappa shape index (κ3) is 1.79. The SMILES string of the molecule is CCC1(c2ccc(F)cc2OC)OCCO1. The van der Waals surface area contributed by atoms with Gasteiger partial charge in [-0.1, -0.05) is 6.92 Å². The van der Waals surface area contributed by atoms with Crippen LogP contribution in [0, 0.1) is 5.82 Å². The van der Waals surface area contributed by atoms with Crippen molar-refractivity contribution in [3.8, 4) is 5.75 Å². The Balaban J connectivity index is 2.45. The van der Waals surface area contributed by atoms with Gasteiger partial charge in [-0.15, -0.1) is 0 Å². The van der Waals surface area contributed by atoms with Crippen molar-refractivity contribution >= 4 is 0 Å². The molecule has 3 nitrogen and oxygen atoms in total. The van der Waals surface area contributed by atoms with E-state index in [0.717, 1.165) is 5.56 Å². The topological polar surface area (TPSA) is 27.7 Å². The third-order valence-corrected chi connectivity index (χ3v) is 2.79. The van der Waals surface area contributed by atoms with E-state index in [4.69, 9.17) is 14.2 Å². The second kappa shape index (κ2) is 4.39. The van der Waals surface area contributed by atoms with Gasteiger partial charge < -0.3 is 14.2 Å². The lowest BCUT2D eigenvalue weighted by Gasteiger charge is -2.27. The van der Waals surface area contributed by atoms with E-state index in [-0.39, 0.29) is 5.82 Å². The van der Waals surface area contributed by atoms with Gasteiger partial charge in [0.15, 0.2) is 5.79 Å². The lowest BCUT2D eigenvalue weighted by Crippen LogP contribution is -2.26. The highest BCUT2D eigenvalue weighted by molar-refractivity contribution is 5.37. The first-order valence-electron chi connectivity index (χ1n) is 5.34. The van der Waals surface area contributed by atoms with E-state index in [9.17, 15) is 4.39 Å². The predicted octanol–water partition coefficient (Wildman–Crippen LogP) is 2.44. The fraction of sp³-hybridized carbons (Fsp3) is 0.500. The first-order chi connectivity index (χ1) is 7.72. The Morgan fingerprint density at radius 2 is 2.06 bits per heavy atom. The molecule has 1 aliphatic heterocycles. The molecule has 16 heavy (non-hydrogen) atoms. The number of hydrogen-bond donors (Lipinski definition) is 0. The van der Waals surface area contributed by atoms with Crippen molar-refractivity contribution < 1.29 is 18.6 Å². The maximum absolute atomic E-state index is 13.1. The molecule has 0 bridgehead atoms. The Kier molecular flexibility index (Phi) is 3.12. The molecule has 0 unspecified atom stereocenters. The molecule has 0 atom stereocenters. The van der Waals surface area contributed by atoms with Crippen molar-refractivity contribution in [2.75, 3.05) is 20.3 Å². The van der Waals surface area contributed by atoms with Gasteiger partial charge in [-0.2, -0.15) is 0 Å². The van der Waals surface area contributed by atoms with Crippen LogP contribution in [-0.4, -0.2) is 20.3 Å². The molecule has 4 heteroatoms. The molecule has 2 rings (SSSR count). The van der Waals surface area contributed by atoms with Crippen LogP contribution in [0.15, 0.2) is 18.2 Å². The molecule has 1 aromatic carbocycles. The van der Waals surface area contributed by atoms with E-state index in [1.807, 2.05) is 6.92 Å². The molecule has 1 fully saturated rings. The third-order valence-electron chi connectivity index (χ3n) is 2.79. The van der Waals surface area contributed by atoms with Crippen LogP contribution in [0.1, 0.15) is 18.9 Å². The van der Waals surface area contributed by atoms with E-state index >= 15 is 0 Å². The lowest BCUT2D eigenvalue weighted by atomic mass is 10.0. The highest BCUT2D eigenvalue weighted by Gasteiger charge is 2.39. The number of benzene rings is 1. The van der Waals surface area contributed by atoms with E-state index in [0.29, 0.717) is 25.4 Å². The summed E-state index contributed by atoms with van der Waals surface area (Å²) in [5.41, 5.74) is 0.747. The van der Waals surface area contributed by atoms with Crippen LogP contribution in [0.5, 0.6) is 5.75 Å². The number of methoxy groups -OCH3 is 1. The van der Waals surface area contributed by atoms with Crippen LogP contribution < -0.4 is 4.74 Å². The van der Waals surface area contributed by atoms with Gasteiger partial charge in [0.2, 0.25) is 0 Å². The fourth-order valence-corrected chi connectivity index (χ4v) is 1.98. The van der Waals surface area contributed by atoms with Crippen LogP contribution in [0.2, 0.25) is 0 Å². The highest BCUT2D eigenvalue weighted by Crippen LogP contribution is 2.39. The van der Waals surface area contributed by atoms with E-state index in [1.54, 1.807) is 6.07 Å². The maximum atomic E-state index is 13.1. The van der Waals surface area contributed by atoms with Gasteiger partial charge in [-0.3, -0.25) is 0 Å². The summed E-state index contributed by atoms with van der Waals surface area (Å²) >= 11 is 0. The van der Waals surface area contributed by atoms with Gasteiger partial charge in [0.1, 0.15) is 11.6 Å². The minimum atomic E-state index is -0.779. The van der Waals surface area contributed by atoms with Crippen molar-refractivity contribution in [3.63, 3.8) is 0 Å². The van der Waals surface area contributed by atoms with Crippen LogP contribution in [0.25, 0.3) is 0 Å². The standard InChI is InChI=1S/C12H15FO3/c1-3-12(15-6-7-16-12)10-5-4-9(13)8-11(10)14-2/h4-5,8H,3,6-7H2,1-2H3. The van der Waals surface area contributed by atoms with Crippen molar-refractivity contribution in [1.82, 2.24) is 0 Å². The molecule has 88 valence electrons. The van der Waals surface area contributed by atoms with E-state index in [1.165, 1.54) is 19.2 Å². The second-order valence-electron chi connectivity index (χ2n) is 3.65. The summed E-state index contributed by atoms with van der Waals surface area (Å²) in [6, 6.07) is 4.39. The highest BCUT2D eigenvalue weighted by atomic mass is 19.1. The summed E-state index contributed by atoms with van der Waals surface area (Å²) in [5, 5.41) is 0. The van der Waals surface area contributed by atoms with E-state index < -0.39 is 5.79 Å². The Bertz CT molecular complexity index is 373. The number of halogens is 1. The van der Waals surface area contributed by atoms with Crippen LogP contribution >= 0.6 is 0 Å². The Morgan fingerprint density at radius 3 is 2.62 bits per heavy atom. The van der Waals surface area contributed by atoms with Gasteiger partial charge >= 0.3 is 0 Å². The van der Waals surface area contributed by atoms with Crippen LogP contribution in [-0.2, 0) is 15.3 Å². The Morgan fingerprint density at radius 1 is 1.38 bits per heavy atom. The van der Waals surface area contributed by atoms with Crippen molar-refractivity contribution in [3.05, 3.63) is 29.6 Å². The molecule has 0 spiro atoms. The summed E-state index contributed by atoms with van der Waals surface area (Å²) in [4.78, 5) is 0. The van der Waals surface area contributed by atoms with Gasteiger partial charge in [0, 0.05) is 12.5 Å². The summed E-state index contributed by atoms with van der Waals surface area (Å²) in [7, 11) is 1.51. The number of rotatable bonds is 3. The molecule has 0 saturated carbocycles. The molecule has 1 saturated heterocycles. The molecule has 0 N–H and O–H groups in total. The summed E-state index contributed by atoms with van der Waals surface area (Å²) in [6.45, 7) is 3.07. The minimum absolute atomic E-state index is 0.329. The molecule has 0 aliphatic carbocycles. The molecular formula is C12H15FO3. The molecule has 0 radical (unpaired) electrons.